The lowest BCUT2D eigenvalue weighted by Gasteiger charge is -2.39. The summed E-state index contributed by atoms with van der Waals surface area (Å²) >= 11 is 4.22. The van der Waals surface area contributed by atoms with Gasteiger partial charge in [0.25, 0.3) is 0 Å². The highest BCUT2D eigenvalue weighted by Gasteiger charge is 2.28. The van der Waals surface area contributed by atoms with Gasteiger partial charge in [-0.2, -0.15) is 23.5 Å². The molecule has 1 atom stereocenters. The van der Waals surface area contributed by atoms with Crippen LogP contribution in [0.1, 0.15) is 13.8 Å². The molecule has 2 heterocycles. The summed E-state index contributed by atoms with van der Waals surface area (Å²) in [5, 5.41) is 3.62. The molecule has 4 heteroatoms. The van der Waals surface area contributed by atoms with Crippen LogP contribution in [-0.4, -0.2) is 59.1 Å². The number of rotatable bonds is 2. The van der Waals surface area contributed by atoms with Gasteiger partial charge in [-0.05, 0) is 13.8 Å². The molecular weight excluding hydrogens is 224 g/mol. The molecule has 2 fully saturated rings. The fourth-order valence-electron chi connectivity index (χ4n) is 2.32. The second-order valence-corrected chi connectivity index (χ2v) is 8.02. The first-order chi connectivity index (χ1) is 7.16. The van der Waals surface area contributed by atoms with E-state index >= 15 is 0 Å². The average Bonchev–Trinajstić information content (AvgIpc) is 2.17. The molecule has 1 unspecified atom stereocenters. The lowest BCUT2D eigenvalue weighted by molar-refractivity contribution is 0.238. The smallest absolute Gasteiger partial charge is 0.0285 e. The van der Waals surface area contributed by atoms with E-state index in [-0.39, 0.29) is 0 Å². The molecule has 15 heavy (non-hydrogen) atoms. The molecule has 0 spiro atoms. The molecule has 2 nitrogen and oxygen atoms in total. The Bertz CT molecular complexity index is 203. The molecule has 0 aromatic heterocycles. The van der Waals surface area contributed by atoms with Crippen molar-refractivity contribution in [2.45, 2.75) is 24.6 Å². The van der Waals surface area contributed by atoms with E-state index in [1.807, 2.05) is 0 Å². The van der Waals surface area contributed by atoms with E-state index in [0.29, 0.717) is 4.75 Å². The zero-order valence-electron chi connectivity index (χ0n) is 9.79. The van der Waals surface area contributed by atoms with Gasteiger partial charge in [0, 0.05) is 54.2 Å². The van der Waals surface area contributed by atoms with Crippen LogP contribution >= 0.6 is 23.5 Å². The SMILES string of the molecule is CC1(C)CN(CC2CSCCN2)CCS1. The van der Waals surface area contributed by atoms with Crippen LogP contribution in [0.3, 0.4) is 0 Å². The zero-order valence-corrected chi connectivity index (χ0v) is 11.4. The number of thioether (sulfide) groups is 2. The molecule has 88 valence electrons. The number of nitrogens with one attached hydrogen (secondary N) is 1. The molecule has 0 aromatic rings. The van der Waals surface area contributed by atoms with E-state index in [1.54, 1.807) is 0 Å². The van der Waals surface area contributed by atoms with Gasteiger partial charge in [0.15, 0.2) is 0 Å². The van der Waals surface area contributed by atoms with E-state index in [0.717, 1.165) is 6.04 Å². The van der Waals surface area contributed by atoms with Crippen molar-refractivity contribution in [2.75, 3.05) is 43.4 Å². The molecule has 2 rings (SSSR count). The van der Waals surface area contributed by atoms with Crippen LogP contribution in [0.4, 0.5) is 0 Å². The predicted octanol–water partition coefficient (Wildman–Crippen LogP) is 1.52. The lowest BCUT2D eigenvalue weighted by atomic mass is 10.1. The van der Waals surface area contributed by atoms with Crippen molar-refractivity contribution >= 4 is 23.5 Å². The summed E-state index contributed by atoms with van der Waals surface area (Å²) in [5.41, 5.74) is 0. The number of nitrogens with zero attached hydrogens (tertiary/aromatic N) is 1. The first-order valence-corrected chi connectivity index (χ1v) is 7.97. The van der Waals surface area contributed by atoms with Crippen molar-refractivity contribution in [2.24, 2.45) is 0 Å². The maximum atomic E-state index is 3.62. The fourth-order valence-corrected chi connectivity index (χ4v) is 4.43. The van der Waals surface area contributed by atoms with Crippen LogP contribution in [-0.2, 0) is 0 Å². The van der Waals surface area contributed by atoms with Crippen LogP contribution in [0.25, 0.3) is 0 Å². The van der Waals surface area contributed by atoms with E-state index in [9.17, 15) is 0 Å². The Hall–Kier alpha value is 0.620. The Balaban J connectivity index is 1.78. The average molecular weight is 246 g/mol. The summed E-state index contributed by atoms with van der Waals surface area (Å²) in [7, 11) is 0. The van der Waals surface area contributed by atoms with Crippen molar-refractivity contribution < 1.29 is 0 Å². The first kappa shape index (κ1) is 12.1. The topological polar surface area (TPSA) is 15.3 Å². The molecule has 0 aromatic carbocycles. The minimum atomic E-state index is 0.458. The van der Waals surface area contributed by atoms with Gasteiger partial charge in [-0.3, -0.25) is 4.90 Å². The fraction of sp³-hybridized carbons (Fsp3) is 1.00. The normalized spacial score (nSPS) is 32.8. The minimum absolute atomic E-state index is 0.458. The summed E-state index contributed by atoms with van der Waals surface area (Å²) in [6.45, 7) is 9.70. The predicted molar refractivity (Wildman–Crippen MR) is 72.1 cm³/mol. The van der Waals surface area contributed by atoms with Gasteiger partial charge in [0.2, 0.25) is 0 Å². The summed E-state index contributed by atoms with van der Waals surface area (Å²) in [5.74, 6) is 3.88. The minimum Gasteiger partial charge on any atom is -0.311 e. The third-order valence-electron chi connectivity index (χ3n) is 2.98. The highest BCUT2D eigenvalue weighted by atomic mass is 32.2. The Labute approximate surface area is 102 Å². The summed E-state index contributed by atoms with van der Waals surface area (Å²) in [6.07, 6.45) is 0. The number of hydrogen-bond acceptors (Lipinski definition) is 4. The Morgan fingerprint density at radius 3 is 2.93 bits per heavy atom. The highest BCUT2D eigenvalue weighted by Crippen LogP contribution is 2.29. The van der Waals surface area contributed by atoms with E-state index < -0.39 is 0 Å². The van der Waals surface area contributed by atoms with Gasteiger partial charge in [-0.1, -0.05) is 0 Å². The quantitative estimate of drug-likeness (QED) is 0.794. The van der Waals surface area contributed by atoms with Crippen molar-refractivity contribution in [1.29, 1.82) is 0 Å². The van der Waals surface area contributed by atoms with Crippen molar-refractivity contribution in [3.63, 3.8) is 0 Å². The van der Waals surface area contributed by atoms with Crippen LogP contribution in [0.15, 0.2) is 0 Å². The van der Waals surface area contributed by atoms with Crippen LogP contribution in [0.5, 0.6) is 0 Å². The Morgan fingerprint density at radius 1 is 1.40 bits per heavy atom. The molecule has 0 bridgehead atoms. The standard InChI is InChI=1S/C11H22N2S2/c1-11(2)9-13(4-6-15-11)7-10-8-14-5-3-12-10/h10,12H,3-9H2,1-2H3. The monoisotopic (exact) mass is 246 g/mol. The maximum Gasteiger partial charge on any atom is 0.0285 e. The van der Waals surface area contributed by atoms with Gasteiger partial charge in [0.1, 0.15) is 0 Å². The van der Waals surface area contributed by atoms with Crippen molar-refractivity contribution in [3.05, 3.63) is 0 Å². The van der Waals surface area contributed by atoms with Crippen LogP contribution < -0.4 is 5.32 Å². The Morgan fingerprint density at radius 2 is 2.27 bits per heavy atom. The molecule has 2 aliphatic heterocycles. The molecule has 0 amide bonds. The maximum absolute atomic E-state index is 3.62. The molecular formula is C11H22N2S2. The summed E-state index contributed by atoms with van der Waals surface area (Å²) in [6, 6.07) is 0.725. The molecule has 0 saturated carbocycles. The summed E-state index contributed by atoms with van der Waals surface area (Å²) < 4.78 is 0.458. The van der Waals surface area contributed by atoms with Gasteiger partial charge < -0.3 is 5.32 Å². The second-order valence-electron chi connectivity index (χ2n) is 5.07. The molecule has 0 radical (unpaired) electrons. The zero-order chi connectivity index (χ0) is 10.7. The largest absolute Gasteiger partial charge is 0.311 e. The van der Waals surface area contributed by atoms with Gasteiger partial charge >= 0.3 is 0 Å². The summed E-state index contributed by atoms with van der Waals surface area (Å²) in [4.78, 5) is 2.64. The number of hydrogen-bond donors (Lipinski definition) is 1. The first-order valence-electron chi connectivity index (χ1n) is 5.83. The van der Waals surface area contributed by atoms with Gasteiger partial charge in [-0.15, -0.1) is 0 Å². The van der Waals surface area contributed by atoms with Gasteiger partial charge in [0.05, 0.1) is 0 Å². The lowest BCUT2D eigenvalue weighted by Crippen LogP contribution is -2.51. The third-order valence-corrected chi connectivity index (χ3v) is 5.41. The van der Waals surface area contributed by atoms with Crippen LogP contribution in [0.2, 0.25) is 0 Å². The van der Waals surface area contributed by atoms with Crippen LogP contribution in [0, 0.1) is 0 Å². The van der Waals surface area contributed by atoms with E-state index in [4.69, 9.17) is 0 Å². The van der Waals surface area contributed by atoms with E-state index in [1.165, 1.54) is 43.4 Å². The molecule has 2 aliphatic rings. The van der Waals surface area contributed by atoms with Crippen molar-refractivity contribution in [3.8, 4) is 0 Å². The van der Waals surface area contributed by atoms with Crippen molar-refractivity contribution in [1.82, 2.24) is 10.2 Å². The Kier molecular flexibility index (Phi) is 4.27. The third kappa shape index (κ3) is 3.84. The second kappa shape index (κ2) is 5.30. The molecule has 2 saturated heterocycles. The van der Waals surface area contributed by atoms with Gasteiger partial charge in [-0.25, -0.2) is 0 Å². The molecule has 0 aliphatic carbocycles. The van der Waals surface area contributed by atoms with E-state index in [2.05, 4.69) is 47.6 Å². The molecule has 1 N–H and O–H groups in total. The highest BCUT2D eigenvalue weighted by molar-refractivity contribution is 8.00.